The summed E-state index contributed by atoms with van der Waals surface area (Å²) in [6.45, 7) is 0. The summed E-state index contributed by atoms with van der Waals surface area (Å²) < 4.78 is 24.4. The molecule has 0 amide bonds. The second-order valence-electron chi connectivity index (χ2n) is 4.50. The average Bonchev–Trinajstić information content (AvgIpc) is 2.49. The van der Waals surface area contributed by atoms with E-state index in [1.807, 2.05) is 6.07 Å². The highest BCUT2D eigenvalue weighted by molar-refractivity contribution is 6.32. The number of ether oxygens (including phenoxy) is 2. The van der Waals surface area contributed by atoms with Crippen LogP contribution >= 0.6 is 11.6 Å². The molecule has 2 aromatic rings. The lowest BCUT2D eigenvalue weighted by molar-refractivity contribution is 0.410. The highest BCUT2D eigenvalue weighted by atomic mass is 35.5. The van der Waals surface area contributed by atoms with Crippen molar-refractivity contribution in [1.82, 2.24) is 5.32 Å². The normalized spacial score (nSPS) is 12.0. The number of hydrogen-bond acceptors (Lipinski definition) is 3. The van der Waals surface area contributed by atoms with E-state index in [1.54, 1.807) is 38.4 Å². The van der Waals surface area contributed by atoms with Crippen LogP contribution in [0.1, 0.15) is 17.2 Å². The first-order valence-corrected chi connectivity index (χ1v) is 6.82. The second kappa shape index (κ2) is 6.78. The van der Waals surface area contributed by atoms with E-state index in [4.69, 9.17) is 21.1 Å². The zero-order chi connectivity index (χ0) is 15.4. The maximum atomic E-state index is 14.2. The number of nitrogens with one attached hydrogen (secondary N) is 1. The van der Waals surface area contributed by atoms with Gasteiger partial charge in [0.2, 0.25) is 0 Å². The Labute approximate surface area is 128 Å². The number of halogens is 2. The molecule has 3 nitrogen and oxygen atoms in total. The van der Waals surface area contributed by atoms with E-state index in [2.05, 4.69) is 5.32 Å². The van der Waals surface area contributed by atoms with E-state index < -0.39 is 0 Å². The molecule has 0 aliphatic heterocycles. The minimum Gasteiger partial charge on any atom is -0.497 e. The third-order valence-electron chi connectivity index (χ3n) is 3.32. The summed E-state index contributed by atoms with van der Waals surface area (Å²) in [5, 5.41) is 3.59. The topological polar surface area (TPSA) is 30.5 Å². The largest absolute Gasteiger partial charge is 0.497 e. The van der Waals surface area contributed by atoms with Crippen LogP contribution in [-0.2, 0) is 0 Å². The van der Waals surface area contributed by atoms with Gasteiger partial charge in [-0.15, -0.1) is 0 Å². The molecule has 0 saturated carbocycles. The molecule has 0 aromatic heterocycles. The van der Waals surface area contributed by atoms with E-state index in [0.29, 0.717) is 22.1 Å². The molecule has 1 unspecified atom stereocenters. The fourth-order valence-electron chi connectivity index (χ4n) is 2.23. The molecular weight excluding hydrogens is 293 g/mol. The average molecular weight is 310 g/mol. The van der Waals surface area contributed by atoms with Gasteiger partial charge < -0.3 is 14.8 Å². The summed E-state index contributed by atoms with van der Waals surface area (Å²) in [5.74, 6) is 0.741. The summed E-state index contributed by atoms with van der Waals surface area (Å²) in [6, 6.07) is 9.88. The molecule has 0 heterocycles. The monoisotopic (exact) mass is 309 g/mol. The zero-order valence-corrected chi connectivity index (χ0v) is 12.9. The van der Waals surface area contributed by atoms with Crippen molar-refractivity contribution in [2.75, 3.05) is 21.3 Å². The van der Waals surface area contributed by atoms with E-state index in [9.17, 15) is 4.39 Å². The highest BCUT2D eigenvalue weighted by Gasteiger charge is 2.18. The number of methoxy groups -OCH3 is 2. The molecule has 0 saturated heterocycles. The van der Waals surface area contributed by atoms with E-state index >= 15 is 0 Å². The van der Waals surface area contributed by atoms with Crippen molar-refractivity contribution >= 4 is 11.6 Å². The number of rotatable bonds is 5. The molecule has 0 aliphatic carbocycles. The fraction of sp³-hybridized carbons (Fsp3) is 0.250. The molecule has 5 heteroatoms. The summed E-state index contributed by atoms with van der Waals surface area (Å²) in [4.78, 5) is 0. The van der Waals surface area contributed by atoms with Gasteiger partial charge in [0.05, 0.1) is 25.3 Å². The fourth-order valence-corrected chi connectivity index (χ4v) is 2.50. The molecule has 1 atom stereocenters. The number of benzene rings is 2. The van der Waals surface area contributed by atoms with Gasteiger partial charge in [0.1, 0.15) is 17.3 Å². The minimum absolute atomic E-state index is 0.306. The Morgan fingerprint density at radius 3 is 2.38 bits per heavy atom. The quantitative estimate of drug-likeness (QED) is 0.911. The molecule has 0 fully saturated rings. The summed E-state index contributed by atoms with van der Waals surface area (Å²) >= 11 is 6.14. The van der Waals surface area contributed by atoms with E-state index in [0.717, 1.165) is 5.56 Å². The molecule has 0 spiro atoms. The molecule has 2 aromatic carbocycles. The first kappa shape index (κ1) is 15.6. The Balaban J connectivity index is 2.42. The lowest BCUT2D eigenvalue weighted by atomic mass is 9.98. The Kier molecular flexibility index (Phi) is 5.04. The Hall–Kier alpha value is -1.78. The Morgan fingerprint density at radius 1 is 1.10 bits per heavy atom. The summed E-state index contributed by atoms with van der Waals surface area (Å²) in [7, 11) is 4.83. The molecule has 112 valence electrons. The minimum atomic E-state index is -0.333. The zero-order valence-electron chi connectivity index (χ0n) is 12.1. The second-order valence-corrected chi connectivity index (χ2v) is 4.91. The molecule has 21 heavy (non-hydrogen) atoms. The van der Waals surface area contributed by atoms with Crippen LogP contribution < -0.4 is 14.8 Å². The van der Waals surface area contributed by atoms with Gasteiger partial charge in [0.15, 0.2) is 0 Å². The Morgan fingerprint density at radius 2 is 1.86 bits per heavy atom. The van der Waals surface area contributed by atoms with E-state index in [-0.39, 0.29) is 11.9 Å². The van der Waals surface area contributed by atoms with Gasteiger partial charge in [-0.1, -0.05) is 23.7 Å². The van der Waals surface area contributed by atoms with Crippen LogP contribution in [0.5, 0.6) is 11.5 Å². The molecule has 1 N–H and O–H groups in total. The number of hydrogen-bond donors (Lipinski definition) is 1. The van der Waals surface area contributed by atoms with Crippen LogP contribution in [-0.4, -0.2) is 21.3 Å². The van der Waals surface area contributed by atoms with Crippen molar-refractivity contribution in [3.05, 3.63) is 58.4 Å². The van der Waals surface area contributed by atoms with Gasteiger partial charge in [-0.25, -0.2) is 4.39 Å². The smallest absolute Gasteiger partial charge is 0.137 e. The van der Waals surface area contributed by atoms with Gasteiger partial charge in [-0.2, -0.15) is 0 Å². The highest BCUT2D eigenvalue weighted by Crippen LogP contribution is 2.32. The molecular formula is C16H17ClFNO2. The van der Waals surface area contributed by atoms with Crippen LogP contribution in [0.2, 0.25) is 5.02 Å². The van der Waals surface area contributed by atoms with Gasteiger partial charge in [-0.3, -0.25) is 0 Å². The molecule has 2 rings (SSSR count). The lowest BCUT2D eigenvalue weighted by Crippen LogP contribution is -2.19. The third-order valence-corrected chi connectivity index (χ3v) is 3.61. The van der Waals surface area contributed by atoms with Crippen LogP contribution in [0.25, 0.3) is 0 Å². The van der Waals surface area contributed by atoms with Crippen molar-refractivity contribution in [3.63, 3.8) is 0 Å². The van der Waals surface area contributed by atoms with Gasteiger partial charge >= 0.3 is 0 Å². The molecule has 0 radical (unpaired) electrons. The van der Waals surface area contributed by atoms with Crippen molar-refractivity contribution in [3.8, 4) is 11.5 Å². The molecule has 0 aliphatic rings. The van der Waals surface area contributed by atoms with Gasteiger partial charge in [0, 0.05) is 11.6 Å². The summed E-state index contributed by atoms with van der Waals surface area (Å²) in [6.07, 6.45) is 0. The maximum Gasteiger partial charge on any atom is 0.137 e. The van der Waals surface area contributed by atoms with Crippen LogP contribution in [0.3, 0.4) is 0 Å². The van der Waals surface area contributed by atoms with Crippen molar-refractivity contribution < 1.29 is 13.9 Å². The molecule has 0 bridgehead atoms. The van der Waals surface area contributed by atoms with Gasteiger partial charge in [-0.05, 0) is 30.8 Å². The lowest BCUT2D eigenvalue weighted by Gasteiger charge is -2.19. The van der Waals surface area contributed by atoms with Crippen LogP contribution in [0, 0.1) is 5.82 Å². The standard InChI is InChI=1S/C16H17ClFNO2/c1-19-16(10-4-7-15(21-3)13(17)8-10)12-6-5-11(20-2)9-14(12)18/h4-9,16,19H,1-3H3. The predicted molar refractivity (Wildman–Crippen MR) is 81.9 cm³/mol. The first-order valence-electron chi connectivity index (χ1n) is 6.44. The van der Waals surface area contributed by atoms with E-state index in [1.165, 1.54) is 13.2 Å². The van der Waals surface area contributed by atoms with Crippen molar-refractivity contribution in [2.24, 2.45) is 0 Å². The maximum absolute atomic E-state index is 14.2. The van der Waals surface area contributed by atoms with Crippen molar-refractivity contribution in [1.29, 1.82) is 0 Å². The van der Waals surface area contributed by atoms with Crippen molar-refractivity contribution in [2.45, 2.75) is 6.04 Å². The predicted octanol–water partition coefficient (Wildman–Crippen LogP) is 3.81. The third kappa shape index (κ3) is 3.28. The first-order chi connectivity index (χ1) is 10.1. The van der Waals surface area contributed by atoms with Crippen LogP contribution in [0.4, 0.5) is 4.39 Å². The SMILES string of the molecule is CNC(c1ccc(OC)c(Cl)c1)c1ccc(OC)cc1F. The van der Waals surface area contributed by atoms with Gasteiger partial charge in [0.25, 0.3) is 0 Å². The summed E-state index contributed by atoms with van der Waals surface area (Å²) in [5.41, 5.74) is 1.38. The van der Waals surface area contributed by atoms with Crippen LogP contribution in [0.15, 0.2) is 36.4 Å². The Bertz CT molecular complexity index is 634.